The van der Waals surface area contributed by atoms with Crippen molar-refractivity contribution in [1.29, 1.82) is 0 Å². The van der Waals surface area contributed by atoms with Crippen LogP contribution in [0.1, 0.15) is 40.5 Å². The van der Waals surface area contributed by atoms with Crippen LogP contribution < -0.4 is 4.72 Å². The number of hydrogen-bond donors (Lipinski definition) is 2. The third kappa shape index (κ3) is 8.47. The normalized spacial score (nSPS) is 15.5. The average Bonchev–Trinajstić information content (AvgIpc) is 1.78. The van der Waals surface area contributed by atoms with Crippen LogP contribution in [0.3, 0.4) is 0 Å². The maximum Gasteiger partial charge on any atom is 0.212 e. The number of aliphatic hydroxyl groups is 1. The zero-order chi connectivity index (χ0) is 11.4. The summed E-state index contributed by atoms with van der Waals surface area (Å²) in [6.45, 7) is 7.07. The molecule has 0 unspecified atom stereocenters. The number of nitrogens with one attached hydrogen (secondary N) is 1. The van der Waals surface area contributed by atoms with Crippen LogP contribution in [0.2, 0.25) is 0 Å². The van der Waals surface area contributed by atoms with Crippen molar-refractivity contribution in [2.45, 2.75) is 52.2 Å². The minimum absolute atomic E-state index is 0.0785. The topological polar surface area (TPSA) is 66.4 Å². The van der Waals surface area contributed by atoms with E-state index in [1.807, 2.05) is 0 Å². The van der Waals surface area contributed by atoms with Crippen molar-refractivity contribution >= 4 is 10.0 Å². The van der Waals surface area contributed by atoms with Crippen molar-refractivity contribution in [3.05, 3.63) is 0 Å². The van der Waals surface area contributed by atoms with Gasteiger partial charge in [-0.25, -0.2) is 13.1 Å². The molecule has 4 nitrogen and oxygen atoms in total. The van der Waals surface area contributed by atoms with Gasteiger partial charge in [-0.3, -0.25) is 0 Å². The Morgan fingerprint density at radius 2 is 1.86 bits per heavy atom. The van der Waals surface area contributed by atoms with Gasteiger partial charge in [0, 0.05) is 5.54 Å². The second-order valence-corrected chi connectivity index (χ2v) is 6.50. The number of rotatable bonds is 5. The highest BCUT2D eigenvalue weighted by molar-refractivity contribution is 7.89. The molecule has 0 saturated carbocycles. The van der Waals surface area contributed by atoms with Crippen molar-refractivity contribution in [3.8, 4) is 0 Å². The summed E-state index contributed by atoms with van der Waals surface area (Å²) >= 11 is 0. The first-order valence-electron chi connectivity index (χ1n) is 4.82. The Kier molecular flexibility index (Phi) is 5.05. The number of hydrogen-bond acceptors (Lipinski definition) is 3. The monoisotopic (exact) mass is 223 g/mol. The lowest BCUT2D eigenvalue weighted by molar-refractivity contribution is 0.184. The van der Waals surface area contributed by atoms with Crippen LogP contribution in [0, 0.1) is 0 Å². The van der Waals surface area contributed by atoms with Crippen LogP contribution in [-0.4, -0.2) is 30.9 Å². The van der Waals surface area contributed by atoms with Crippen LogP contribution in [0.15, 0.2) is 0 Å². The highest BCUT2D eigenvalue weighted by atomic mass is 32.2. The Morgan fingerprint density at radius 1 is 1.36 bits per heavy atom. The highest BCUT2D eigenvalue weighted by Gasteiger charge is 2.19. The van der Waals surface area contributed by atoms with E-state index in [-0.39, 0.29) is 5.75 Å². The molecule has 0 rings (SSSR count). The first-order valence-corrected chi connectivity index (χ1v) is 6.47. The molecule has 0 aliphatic carbocycles. The largest absolute Gasteiger partial charge is 0.393 e. The summed E-state index contributed by atoms with van der Waals surface area (Å²) < 4.78 is 25.4. The molecule has 1 atom stereocenters. The van der Waals surface area contributed by atoms with Crippen LogP contribution in [0.25, 0.3) is 0 Å². The summed E-state index contributed by atoms with van der Waals surface area (Å²) in [7, 11) is -3.20. The highest BCUT2D eigenvalue weighted by Crippen LogP contribution is 2.05. The maximum atomic E-state index is 11.4. The lowest BCUT2D eigenvalue weighted by Crippen LogP contribution is -2.41. The predicted molar refractivity (Wildman–Crippen MR) is 57.6 cm³/mol. The third-order valence-electron chi connectivity index (χ3n) is 1.50. The van der Waals surface area contributed by atoms with Crippen molar-refractivity contribution < 1.29 is 13.5 Å². The summed E-state index contributed by atoms with van der Waals surface area (Å²) in [5.74, 6) is 0.0785. The van der Waals surface area contributed by atoms with E-state index in [4.69, 9.17) is 5.11 Å². The average molecular weight is 223 g/mol. The summed E-state index contributed by atoms with van der Waals surface area (Å²) in [4.78, 5) is 0. The zero-order valence-corrected chi connectivity index (χ0v) is 10.2. The molecule has 2 N–H and O–H groups in total. The second kappa shape index (κ2) is 5.09. The van der Waals surface area contributed by atoms with E-state index in [1.165, 1.54) is 0 Å². The van der Waals surface area contributed by atoms with Crippen molar-refractivity contribution in [1.82, 2.24) is 4.72 Å². The molecule has 0 aromatic carbocycles. The molecule has 0 radical (unpaired) electrons. The van der Waals surface area contributed by atoms with Gasteiger partial charge in [0.15, 0.2) is 0 Å². The minimum Gasteiger partial charge on any atom is -0.393 e. The molecule has 0 saturated heterocycles. The molecule has 0 bridgehead atoms. The smallest absolute Gasteiger partial charge is 0.212 e. The fourth-order valence-electron chi connectivity index (χ4n) is 1.09. The van der Waals surface area contributed by atoms with E-state index < -0.39 is 21.7 Å². The number of aliphatic hydroxyl groups excluding tert-OH is 1. The molecule has 0 fully saturated rings. The van der Waals surface area contributed by atoms with Crippen molar-refractivity contribution in [3.63, 3.8) is 0 Å². The molecule has 0 aliphatic rings. The van der Waals surface area contributed by atoms with E-state index in [9.17, 15) is 8.42 Å². The minimum atomic E-state index is -3.20. The van der Waals surface area contributed by atoms with Gasteiger partial charge < -0.3 is 5.11 Å². The van der Waals surface area contributed by atoms with E-state index >= 15 is 0 Å². The van der Waals surface area contributed by atoms with Gasteiger partial charge in [-0.2, -0.15) is 0 Å². The van der Waals surface area contributed by atoms with Gasteiger partial charge in [0.05, 0.1) is 11.9 Å². The van der Waals surface area contributed by atoms with Gasteiger partial charge in [-0.15, -0.1) is 0 Å². The van der Waals surface area contributed by atoms with Crippen molar-refractivity contribution in [2.75, 3.05) is 5.75 Å². The van der Waals surface area contributed by atoms with E-state index in [2.05, 4.69) is 4.72 Å². The van der Waals surface area contributed by atoms with Gasteiger partial charge >= 0.3 is 0 Å². The van der Waals surface area contributed by atoms with Gasteiger partial charge in [0.2, 0.25) is 10.0 Å². The van der Waals surface area contributed by atoms with Gasteiger partial charge in [0.1, 0.15) is 0 Å². The van der Waals surface area contributed by atoms with Crippen LogP contribution in [0.5, 0.6) is 0 Å². The first-order chi connectivity index (χ1) is 6.12. The number of sulfonamides is 1. The fourth-order valence-corrected chi connectivity index (χ4v) is 2.67. The quantitative estimate of drug-likeness (QED) is 0.726. The molecule has 14 heavy (non-hydrogen) atoms. The molecule has 0 aliphatic heterocycles. The molecule has 0 aromatic rings. The fraction of sp³-hybridized carbons (Fsp3) is 1.00. The molecule has 0 heterocycles. The van der Waals surface area contributed by atoms with Gasteiger partial charge in [0.25, 0.3) is 0 Å². The molecular formula is C9H21NO3S. The van der Waals surface area contributed by atoms with Crippen molar-refractivity contribution in [2.24, 2.45) is 0 Å². The molecule has 86 valence electrons. The first kappa shape index (κ1) is 13.9. The molecule has 0 spiro atoms. The molecular weight excluding hydrogens is 202 g/mol. The van der Waals surface area contributed by atoms with E-state index in [0.29, 0.717) is 12.8 Å². The SMILES string of the molecule is C[C@H](O)CCCS(=O)(=O)NC(C)(C)C. The van der Waals surface area contributed by atoms with Crippen LogP contribution >= 0.6 is 0 Å². The Balaban J connectivity index is 3.98. The van der Waals surface area contributed by atoms with Crippen LogP contribution in [-0.2, 0) is 10.0 Å². The Morgan fingerprint density at radius 3 is 2.21 bits per heavy atom. The summed E-state index contributed by atoms with van der Waals surface area (Å²) in [6, 6.07) is 0. The van der Waals surface area contributed by atoms with E-state index in [0.717, 1.165) is 0 Å². The lowest BCUT2D eigenvalue weighted by Gasteiger charge is -2.20. The van der Waals surface area contributed by atoms with Crippen LogP contribution in [0.4, 0.5) is 0 Å². The lowest BCUT2D eigenvalue weighted by atomic mass is 10.1. The summed E-state index contributed by atoms with van der Waals surface area (Å²) in [5.41, 5.74) is -0.427. The maximum absolute atomic E-state index is 11.4. The Bertz CT molecular complexity index is 252. The summed E-state index contributed by atoms with van der Waals surface area (Å²) in [6.07, 6.45) is 0.577. The third-order valence-corrected chi connectivity index (χ3v) is 3.25. The Labute approximate surface area is 86.8 Å². The molecule has 0 aromatic heterocycles. The second-order valence-electron chi connectivity index (χ2n) is 4.66. The van der Waals surface area contributed by atoms with Gasteiger partial charge in [-0.1, -0.05) is 0 Å². The zero-order valence-electron chi connectivity index (χ0n) is 9.37. The molecule has 0 amide bonds. The van der Waals surface area contributed by atoms with E-state index in [1.54, 1.807) is 27.7 Å². The van der Waals surface area contributed by atoms with Gasteiger partial charge in [-0.05, 0) is 40.5 Å². The summed E-state index contributed by atoms with van der Waals surface area (Å²) in [5, 5.41) is 8.97. The predicted octanol–water partition coefficient (Wildman–Crippen LogP) is 0.865. The molecule has 5 heteroatoms. The Hall–Kier alpha value is -0.130. The standard InChI is InChI=1S/C9H21NO3S/c1-8(11)6-5-7-14(12,13)10-9(2,3)4/h8,10-11H,5-7H2,1-4H3/t8-/m0/s1.